The molecule has 3 nitrogen and oxygen atoms in total. The Bertz CT molecular complexity index is 743. The average molecular weight is 472 g/mol. The molecule has 0 spiro atoms. The zero-order valence-corrected chi connectivity index (χ0v) is 15.1. The normalized spacial score (nSPS) is 11.9. The van der Waals surface area contributed by atoms with Crippen molar-refractivity contribution < 1.29 is 18.3 Å². The zero-order valence-electron chi connectivity index (χ0n) is 11.1. The van der Waals surface area contributed by atoms with E-state index in [0.29, 0.717) is 14.5 Å². The summed E-state index contributed by atoms with van der Waals surface area (Å²) in [7, 11) is 0. The lowest BCUT2D eigenvalue weighted by Crippen LogP contribution is -2.05. The van der Waals surface area contributed by atoms with Crippen LogP contribution in [-0.4, -0.2) is 11.3 Å². The number of rotatable bonds is 3. The van der Waals surface area contributed by atoms with Gasteiger partial charge in [-0.1, -0.05) is 11.6 Å². The van der Waals surface area contributed by atoms with Gasteiger partial charge in [-0.3, -0.25) is 5.43 Å². The maximum absolute atomic E-state index is 12.7. The van der Waals surface area contributed by atoms with E-state index >= 15 is 0 Å². The molecule has 0 aromatic heterocycles. The molecule has 2 aromatic rings. The van der Waals surface area contributed by atoms with Crippen molar-refractivity contribution in [2.24, 2.45) is 5.10 Å². The molecule has 0 radical (unpaired) electrons. The lowest BCUT2D eigenvalue weighted by atomic mass is 10.2. The van der Waals surface area contributed by atoms with E-state index in [1.165, 1.54) is 6.21 Å². The van der Waals surface area contributed by atoms with Crippen molar-refractivity contribution in [1.29, 1.82) is 0 Å². The van der Waals surface area contributed by atoms with Crippen LogP contribution < -0.4 is 5.43 Å². The van der Waals surface area contributed by atoms with Crippen molar-refractivity contribution in [3.8, 4) is 5.75 Å². The van der Waals surface area contributed by atoms with Gasteiger partial charge in [0.05, 0.1) is 31.4 Å². The summed E-state index contributed by atoms with van der Waals surface area (Å²) in [5.74, 6) is 0.0380. The second-order valence-corrected chi connectivity index (χ2v) is 6.51. The summed E-state index contributed by atoms with van der Waals surface area (Å²) in [4.78, 5) is 0. The second kappa shape index (κ2) is 7.11. The lowest BCUT2D eigenvalue weighted by molar-refractivity contribution is -0.137. The van der Waals surface area contributed by atoms with Crippen molar-refractivity contribution in [1.82, 2.24) is 0 Å². The van der Waals surface area contributed by atoms with Crippen LogP contribution >= 0.6 is 43.5 Å². The van der Waals surface area contributed by atoms with Crippen molar-refractivity contribution in [3.05, 3.63) is 55.4 Å². The number of anilines is 1. The molecule has 0 saturated carbocycles. The van der Waals surface area contributed by atoms with Crippen LogP contribution in [0.5, 0.6) is 5.75 Å². The molecule has 0 heterocycles. The quantitative estimate of drug-likeness (QED) is 0.423. The van der Waals surface area contributed by atoms with E-state index in [2.05, 4.69) is 42.4 Å². The van der Waals surface area contributed by atoms with Gasteiger partial charge in [-0.25, -0.2) is 0 Å². The number of phenolic OH excluding ortho intramolecular Hbond substituents is 1. The summed E-state index contributed by atoms with van der Waals surface area (Å²) in [6.45, 7) is 0. The first-order valence-corrected chi connectivity index (χ1v) is 7.98. The van der Waals surface area contributed by atoms with Gasteiger partial charge in [-0.2, -0.15) is 18.3 Å². The number of alkyl halides is 3. The van der Waals surface area contributed by atoms with Crippen LogP contribution in [0.2, 0.25) is 5.02 Å². The number of halogens is 6. The third kappa shape index (κ3) is 4.62. The molecule has 0 aliphatic rings. The topological polar surface area (TPSA) is 44.6 Å². The van der Waals surface area contributed by atoms with Gasteiger partial charge in [-0.05, 0) is 67.8 Å². The lowest BCUT2D eigenvalue weighted by Gasteiger charge is -2.09. The highest BCUT2D eigenvalue weighted by atomic mass is 79.9. The van der Waals surface area contributed by atoms with E-state index in [-0.39, 0.29) is 16.5 Å². The Morgan fingerprint density at radius 2 is 1.74 bits per heavy atom. The van der Waals surface area contributed by atoms with E-state index in [4.69, 9.17) is 11.6 Å². The van der Waals surface area contributed by atoms with Crippen molar-refractivity contribution in [2.45, 2.75) is 6.18 Å². The van der Waals surface area contributed by atoms with Crippen LogP contribution in [0.4, 0.5) is 18.9 Å². The Morgan fingerprint density at radius 1 is 1.13 bits per heavy atom. The molecule has 0 aliphatic carbocycles. The Balaban J connectivity index is 2.21. The molecule has 122 valence electrons. The summed E-state index contributed by atoms with van der Waals surface area (Å²) < 4.78 is 38.9. The molecule has 2 aromatic carbocycles. The summed E-state index contributed by atoms with van der Waals surface area (Å²) in [5, 5.41) is 13.6. The van der Waals surface area contributed by atoms with Gasteiger partial charge in [0, 0.05) is 0 Å². The molecule has 2 N–H and O–H groups in total. The fraction of sp³-hybridized carbons (Fsp3) is 0.0714. The number of hydrazone groups is 1. The first kappa shape index (κ1) is 18.1. The molecule has 0 bridgehead atoms. The number of nitrogens with zero attached hydrogens (tertiary/aromatic N) is 1. The first-order valence-electron chi connectivity index (χ1n) is 6.02. The van der Waals surface area contributed by atoms with Crippen molar-refractivity contribution >= 4 is 55.4 Å². The third-order valence-corrected chi connectivity index (χ3v) is 4.27. The molecule has 0 fully saturated rings. The monoisotopic (exact) mass is 470 g/mol. The number of phenols is 1. The molecule has 0 aliphatic heterocycles. The highest BCUT2D eigenvalue weighted by molar-refractivity contribution is 9.11. The number of nitrogens with one attached hydrogen (secondary N) is 1. The van der Waals surface area contributed by atoms with Gasteiger partial charge < -0.3 is 5.11 Å². The van der Waals surface area contributed by atoms with Gasteiger partial charge in [-0.15, -0.1) is 0 Å². The molecular weight excluding hydrogens is 464 g/mol. The minimum Gasteiger partial charge on any atom is -0.506 e. The van der Waals surface area contributed by atoms with Crippen LogP contribution in [0.15, 0.2) is 44.4 Å². The van der Waals surface area contributed by atoms with E-state index in [0.717, 1.165) is 18.2 Å². The summed E-state index contributed by atoms with van der Waals surface area (Å²) >= 11 is 12.2. The largest absolute Gasteiger partial charge is 0.506 e. The summed E-state index contributed by atoms with van der Waals surface area (Å²) in [6.07, 6.45) is -3.08. The smallest absolute Gasteiger partial charge is 0.416 e. The predicted molar refractivity (Wildman–Crippen MR) is 91.2 cm³/mol. The van der Waals surface area contributed by atoms with Crippen LogP contribution in [0.1, 0.15) is 11.1 Å². The fourth-order valence-electron chi connectivity index (χ4n) is 1.62. The van der Waals surface area contributed by atoms with E-state index in [1.54, 1.807) is 12.1 Å². The molecular formula is C14H8Br2ClF3N2O. The van der Waals surface area contributed by atoms with Gasteiger partial charge in [0.2, 0.25) is 0 Å². The highest BCUT2D eigenvalue weighted by Gasteiger charge is 2.30. The second-order valence-electron chi connectivity index (χ2n) is 4.40. The Labute approximate surface area is 151 Å². The highest BCUT2D eigenvalue weighted by Crippen LogP contribution is 2.34. The minimum absolute atomic E-state index is 0.0367. The molecule has 0 saturated heterocycles. The predicted octanol–water partition coefficient (Wildman–Crippen LogP) is 6.04. The Hall–Kier alpha value is -1.25. The minimum atomic E-state index is -4.46. The number of hydrogen-bond donors (Lipinski definition) is 2. The molecule has 0 amide bonds. The number of benzene rings is 2. The SMILES string of the molecule is Oc1c(Br)cc(C=NNc2cc(C(F)(F)F)ccc2Cl)cc1Br. The van der Waals surface area contributed by atoms with Crippen molar-refractivity contribution in [2.75, 3.05) is 5.43 Å². The zero-order chi connectivity index (χ0) is 17.2. The first-order chi connectivity index (χ1) is 10.7. The van der Waals surface area contributed by atoms with Gasteiger partial charge in [0.1, 0.15) is 5.75 Å². The van der Waals surface area contributed by atoms with Gasteiger partial charge in [0.15, 0.2) is 0 Å². The number of aromatic hydroxyl groups is 1. The average Bonchev–Trinajstić information content (AvgIpc) is 2.45. The van der Waals surface area contributed by atoms with E-state index in [9.17, 15) is 18.3 Å². The van der Waals surface area contributed by atoms with Gasteiger partial charge in [0.25, 0.3) is 0 Å². The summed E-state index contributed by atoms with van der Waals surface area (Å²) in [6, 6.07) is 6.11. The third-order valence-electron chi connectivity index (χ3n) is 2.73. The van der Waals surface area contributed by atoms with Crippen LogP contribution in [-0.2, 0) is 6.18 Å². The molecule has 9 heteroatoms. The molecule has 2 rings (SSSR count). The number of hydrogen-bond acceptors (Lipinski definition) is 3. The maximum atomic E-state index is 12.7. The van der Waals surface area contributed by atoms with E-state index < -0.39 is 11.7 Å². The van der Waals surface area contributed by atoms with Crippen molar-refractivity contribution in [3.63, 3.8) is 0 Å². The van der Waals surface area contributed by atoms with Crippen LogP contribution in [0.3, 0.4) is 0 Å². The summed E-state index contributed by atoms with van der Waals surface area (Å²) in [5.41, 5.74) is 2.29. The van der Waals surface area contributed by atoms with Gasteiger partial charge >= 0.3 is 6.18 Å². The van der Waals surface area contributed by atoms with Crippen LogP contribution in [0, 0.1) is 0 Å². The Morgan fingerprint density at radius 3 is 2.30 bits per heavy atom. The molecule has 23 heavy (non-hydrogen) atoms. The van der Waals surface area contributed by atoms with E-state index in [1.807, 2.05) is 0 Å². The molecule has 0 unspecified atom stereocenters. The fourth-order valence-corrected chi connectivity index (χ4v) is 3.00. The standard InChI is InChI=1S/C14H8Br2ClF3N2O/c15-9-3-7(4-10(16)13(9)23)6-21-22-12-5-8(14(18,19)20)1-2-11(12)17/h1-6,22-23H. The molecule has 0 atom stereocenters. The maximum Gasteiger partial charge on any atom is 0.416 e. The Kier molecular flexibility index (Phi) is 5.59. The van der Waals surface area contributed by atoms with Crippen LogP contribution in [0.25, 0.3) is 0 Å².